The monoisotopic (exact) mass is 364 g/mol. The van der Waals surface area contributed by atoms with Gasteiger partial charge in [-0.1, -0.05) is 30.3 Å². The Labute approximate surface area is 158 Å². The van der Waals surface area contributed by atoms with Gasteiger partial charge in [0, 0.05) is 44.3 Å². The first-order chi connectivity index (χ1) is 13.3. The summed E-state index contributed by atoms with van der Waals surface area (Å²) in [5.74, 6) is 0.298. The van der Waals surface area contributed by atoms with E-state index < -0.39 is 0 Å². The van der Waals surface area contributed by atoms with E-state index in [1.165, 1.54) is 5.56 Å². The van der Waals surface area contributed by atoms with Crippen LogP contribution in [0.2, 0.25) is 0 Å². The number of morpholine rings is 1. The van der Waals surface area contributed by atoms with Gasteiger partial charge in [-0.25, -0.2) is 4.52 Å². The van der Waals surface area contributed by atoms with Gasteiger partial charge in [0.05, 0.1) is 18.9 Å². The van der Waals surface area contributed by atoms with Crippen LogP contribution in [-0.2, 0) is 11.3 Å². The second kappa shape index (κ2) is 6.92. The van der Waals surface area contributed by atoms with Crippen LogP contribution in [0, 0.1) is 0 Å². The molecular weight excluding hydrogens is 340 g/mol. The van der Waals surface area contributed by atoms with E-state index in [0.717, 1.165) is 62.8 Å². The molecule has 2 N–H and O–H groups in total. The maximum absolute atomic E-state index is 5.74. The molecule has 4 heterocycles. The molecule has 3 aromatic rings. The van der Waals surface area contributed by atoms with Gasteiger partial charge in [-0.15, -0.1) is 5.10 Å². The van der Waals surface area contributed by atoms with Gasteiger partial charge >= 0.3 is 0 Å². The zero-order chi connectivity index (χ0) is 18.2. The molecule has 0 saturated carbocycles. The number of benzene rings is 1. The molecule has 0 aliphatic carbocycles. The van der Waals surface area contributed by atoms with Crippen molar-refractivity contribution in [2.45, 2.75) is 12.6 Å². The Balaban J connectivity index is 1.24. The number of nitrogens with two attached hydrogens (primary N) is 1. The zero-order valence-electron chi connectivity index (χ0n) is 15.3. The number of likely N-dealkylation sites (tertiary alicyclic amines) is 1. The predicted molar refractivity (Wildman–Crippen MR) is 104 cm³/mol. The van der Waals surface area contributed by atoms with Crippen molar-refractivity contribution >= 4 is 11.6 Å². The normalized spacial score (nSPS) is 19.4. The Morgan fingerprint density at radius 1 is 1.04 bits per heavy atom. The molecule has 1 aromatic carbocycles. The van der Waals surface area contributed by atoms with Gasteiger partial charge in [0.25, 0.3) is 0 Å². The fraction of sp³-hybridized carbons (Fsp3) is 0.400. The minimum atomic E-state index is 0.298. The Bertz CT molecular complexity index is 925. The van der Waals surface area contributed by atoms with E-state index in [9.17, 15) is 0 Å². The van der Waals surface area contributed by atoms with Crippen LogP contribution in [0.1, 0.15) is 5.56 Å². The SMILES string of the molecule is Nc1nc2cccc(-c3ccc(CN4CC(N5CCOCC5)C4)cc3)n2n1. The first-order valence-corrected chi connectivity index (χ1v) is 9.51. The summed E-state index contributed by atoms with van der Waals surface area (Å²) in [6.45, 7) is 7.21. The molecule has 0 radical (unpaired) electrons. The van der Waals surface area contributed by atoms with Gasteiger partial charge in [0.1, 0.15) is 0 Å². The van der Waals surface area contributed by atoms with Gasteiger partial charge in [-0.05, 0) is 17.7 Å². The van der Waals surface area contributed by atoms with Crippen molar-refractivity contribution in [3.05, 3.63) is 48.0 Å². The van der Waals surface area contributed by atoms with Crippen molar-refractivity contribution in [3.63, 3.8) is 0 Å². The van der Waals surface area contributed by atoms with Gasteiger partial charge in [-0.2, -0.15) is 4.98 Å². The van der Waals surface area contributed by atoms with Crippen LogP contribution in [-0.4, -0.2) is 69.8 Å². The van der Waals surface area contributed by atoms with Crippen molar-refractivity contribution in [2.24, 2.45) is 0 Å². The summed E-state index contributed by atoms with van der Waals surface area (Å²) in [5.41, 5.74) is 9.96. The molecule has 7 nitrogen and oxygen atoms in total. The molecule has 140 valence electrons. The number of pyridine rings is 1. The van der Waals surface area contributed by atoms with E-state index in [-0.39, 0.29) is 0 Å². The molecule has 2 fully saturated rings. The lowest BCUT2D eigenvalue weighted by molar-refractivity contribution is -0.0344. The van der Waals surface area contributed by atoms with E-state index in [1.54, 1.807) is 4.52 Å². The van der Waals surface area contributed by atoms with Crippen molar-refractivity contribution in [3.8, 4) is 11.3 Å². The van der Waals surface area contributed by atoms with Gasteiger partial charge < -0.3 is 10.5 Å². The Morgan fingerprint density at radius 2 is 1.81 bits per heavy atom. The van der Waals surface area contributed by atoms with Crippen LogP contribution >= 0.6 is 0 Å². The maximum Gasteiger partial charge on any atom is 0.240 e. The average molecular weight is 364 g/mol. The number of nitrogen functional groups attached to an aromatic ring is 1. The van der Waals surface area contributed by atoms with Crippen molar-refractivity contribution in [2.75, 3.05) is 45.1 Å². The minimum absolute atomic E-state index is 0.298. The third kappa shape index (κ3) is 3.29. The highest BCUT2D eigenvalue weighted by Crippen LogP contribution is 2.23. The van der Waals surface area contributed by atoms with Crippen LogP contribution in [0.15, 0.2) is 42.5 Å². The summed E-state index contributed by atoms with van der Waals surface area (Å²) in [6.07, 6.45) is 0. The molecule has 27 heavy (non-hydrogen) atoms. The second-order valence-electron chi connectivity index (χ2n) is 7.34. The van der Waals surface area contributed by atoms with E-state index in [0.29, 0.717) is 12.0 Å². The highest BCUT2D eigenvalue weighted by Gasteiger charge is 2.32. The van der Waals surface area contributed by atoms with Crippen molar-refractivity contribution < 1.29 is 4.74 Å². The highest BCUT2D eigenvalue weighted by molar-refractivity contribution is 5.63. The summed E-state index contributed by atoms with van der Waals surface area (Å²) < 4.78 is 7.24. The summed E-state index contributed by atoms with van der Waals surface area (Å²) in [5, 5.41) is 4.30. The number of aromatic nitrogens is 3. The number of nitrogens with zero attached hydrogens (tertiary/aromatic N) is 5. The van der Waals surface area contributed by atoms with E-state index in [2.05, 4.69) is 44.1 Å². The molecule has 0 atom stereocenters. The standard InChI is InChI=1S/C20H24N6O/c21-20-22-19-3-1-2-18(26(19)23-20)16-6-4-15(5-7-16)12-24-13-17(14-24)25-8-10-27-11-9-25/h1-7,17H,8-14H2,(H2,21,23). The minimum Gasteiger partial charge on any atom is -0.379 e. The average Bonchev–Trinajstić information content (AvgIpc) is 3.06. The van der Waals surface area contributed by atoms with Gasteiger partial charge in [0.15, 0.2) is 5.65 Å². The third-order valence-electron chi connectivity index (χ3n) is 5.53. The van der Waals surface area contributed by atoms with E-state index in [1.807, 2.05) is 18.2 Å². The summed E-state index contributed by atoms with van der Waals surface area (Å²) in [4.78, 5) is 9.30. The van der Waals surface area contributed by atoms with E-state index in [4.69, 9.17) is 10.5 Å². The Hall–Kier alpha value is -2.48. The van der Waals surface area contributed by atoms with Crippen molar-refractivity contribution in [1.29, 1.82) is 0 Å². The quantitative estimate of drug-likeness (QED) is 0.756. The number of hydrogen-bond donors (Lipinski definition) is 1. The Kier molecular flexibility index (Phi) is 4.27. The summed E-state index contributed by atoms with van der Waals surface area (Å²) >= 11 is 0. The predicted octanol–water partition coefficient (Wildman–Crippen LogP) is 1.49. The van der Waals surface area contributed by atoms with E-state index >= 15 is 0 Å². The fourth-order valence-electron chi connectivity index (χ4n) is 4.02. The van der Waals surface area contributed by atoms with Crippen molar-refractivity contribution in [1.82, 2.24) is 24.4 Å². The number of fused-ring (bicyclic) bond motifs is 1. The number of ether oxygens (including phenoxy) is 1. The number of anilines is 1. The molecule has 2 aliphatic heterocycles. The maximum atomic E-state index is 5.74. The summed E-state index contributed by atoms with van der Waals surface area (Å²) in [7, 11) is 0. The Morgan fingerprint density at radius 3 is 2.59 bits per heavy atom. The fourth-order valence-corrected chi connectivity index (χ4v) is 4.02. The molecular formula is C20H24N6O. The number of rotatable bonds is 4. The summed E-state index contributed by atoms with van der Waals surface area (Å²) in [6, 6.07) is 15.4. The molecule has 5 rings (SSSR count). The van der Waals surface area contributed by atoms with Crippen LogP contribution in [0.4, 0.5) is 5.95 Å². The lowest BCUT2D eigenvalue weighted by Crippen LogP contribution is -2.60. The second-order valence-corrected chi connectivity index (χ2v) is 7.34. The smallest absolute Gasteiger partial charge is 0.240 e. The molecule has 2 aliphatic rings. The zero-order valence-corrected chi connectivity index (χ0v) is 15.3. The molecule has 0 unspecified atom stereocenters. The van der Waals surface area contributed by atoms with Gasteiger partial charge in [0.2, 0.25) is 5.95 Å². The highest BCUT2D eigenvalue weighted by atomic mass is 16.5. The molecule has 2 saturated heterocycles. The molecule has 0 spiro atoms. The first kappa shape index (κ1) is 16.7. The third-order valence-corrected chi connectivity index (χ3v) is 5.53. The molecule has 0 bridgehead atoms. The lowest BCUT2D eigenvalue weighted by Gasteiger charge is -2.46. The molecule has 0 amide bonds. The lowest BCUT2D eigenvalue weighted by atomic mass is 10.0. The van der Waals surface area contributed by atoms with Crippen LogP contribution in [0.3, 0.4) is 0 Å². The van der Waals surface area contributed by atoms with Crippen LogP contribution < -0.4 is 5.73 Å². The first-order valence-electron chi connectivity index (χ1n) is 9.51. The van der Waals surface area contributed by atoms with Crippen LogP contribution in [0.25, 0.3) is 16.9 Å². The largest absolute Gasteiger partial charge is 0.379 e. The van der Waals surface area contributed by atoms with Crippen LogP contribution in [0.5, 0.6) is 0 Å². The topological polar surface area (TPSA) is 71.9 Å². The van der Waals surface area contributed by atoms with Gasteiger partial charge in [-0.3, -0.25) is 9.80 Å². The molecule has 2 aromatic heterocycles. The molecule has 7 heteroatoms. The number of hydrogen-bond acceptors (Lipinski definition) is 6.